The molecule has 118 valence electrons. The number of carbonyl (C=O) groups is 1. The van der Waals surface area contributed by atoms with Crippen molar-refractivity contribution >= 4 is 39.1 Å². The number of azo groups is 1. The quantitative estimate of drug-likeness (QED) is 0.699. The SMILES string of the molecule is Cc1ncc2c(N=Nc3ccc(O)c(C(=O)O)c3)snc2c1C#N. The minimum absolute atomic E-state index is 0.260. The maximum atomic E-state index is 11.0. The number of carboxylic acid groups (broad SMARTS) is 1. The highest BCUT2D eigenvalue weighted by Gasteiger charge is 2.13. The molecule has 0 radical (unpaired) electrons. The van der Waals surface area contributed by atoms with Gasteiger partial charge in [-0.25, -0.2) is 4.79 Å². The van der Waals surface area contributed by atoms with E-state index in [1.807, 2.05) is 0 Å². The van der Waals surface area contributed by atoms with Crippen molar-refractivity contribution in [2.75, 3.05) is 0 Å². The van der Waals surface area contributed by atoms with E-state index >= 15 is 0 Å². The molecule has 0 saturated carbocycles. The highest BCUT2D eigenvalue weighted by atomic mass is 32.1. The summed E-state index contributed by atoms with van der Waals surface area (Å²) >= 11 is 1.07. The van der Waals surface area contributed by atoms with Gasteiger partial charge in [0.1, 0.15) is 28.5 Å². The van der Waals surface area contributed by atoms with Gasteiger partial charge in [0.05, 0.1) is 16.8 Å². The minimum Gasteiger partial charge on any atom is -0.507 e. The number of hydrogen-bond acceptors (Lipinski definition) is 8. The van der Waals surface area contributed by atoms with E-state index in [2.05, 4.69) is 25.7 Å². The highest BCUT2D eigenvalue weighted by molar-refractivity contribution is 7.11. The largest absolute Gasteiger partial charge is 0.507 e. The van der Waals surface area contributed by atoms with Gasteiger partial charge in [-0.1, -0.05) is 0 Å². The first-order valence-electron chi connectivity index (χ1n) is 6.64. The fraction of sp³-hybridized carbons (Fsp3) is 0.0667. The number of nitrogens with zero attached hydrogens (tertiary/aromatic N) is 5. The lowest BCUT2D eigenvalue weighted by Crippen LogP contribution is -1.95. The van der Waals surface area contributed by atoms with E-state index in [9.17, 15) is 15.2 Å². The van der Waals surface area contributed by atoms with E-state index in [1.54, 1.807) is 13.1 Å². The molecule has 1 aromatic carbocycles. The van der Waals surface area contributed by atoms with Gasteiger partial charge in [-0.15, -0.1) is 10.2 Å². The summed E-state index contributed by atoms with van der Waals surface area (Å²) in [7, 11) is 0. The first-order valence-corrected chi connectivity index (χ1v) is 7.41. The number of aryl methyl sites for hydroxylation is 1. The Morgan fingerprint density at radius 1 is 1.38 bits per heavy atom. The van der Waals surface area contributed by atoms with Gasteiger partial charge >= 0.3 is 5.97 Å². The van der Waals surface area contributed by atoms with Crippen LogP contribution in [0.25, 0.3) is 10.9 Å². The fourth-order valence-corrected chi connectivity index (χ4v) is 2.74. The molecule has 3 aromatic rings. The van der Waals surface area contributed by atoms with Crippen molar-refractivity contribution in [1.82, 2.24) is 9.36 Å². The molecule has 0 spiro atoms. The molecule has 8 nitrogen and oxygen atoms in total. The second kappa shape index (κ2) is 6.02. The Hall–Kier alpha value is -3.38. The first-order chi connectivity index (χ1) is 11.5. The summed E-state index contributed by atoms with van der Waals surface area (Å²) in [5.41, 5.74) is 1.50. The van der Waals surface area contributed by atoms with E-state index in [-0.39, 0.29) is 17.0 Å². The predicted molar refractivity (Wildman–Crippen MR) is 86.1 cm³/mol. The van der Waals surface area contributed by atoms with Crippen molar-refractivity contribution in [1.29, 1.82) is 5.26 Å². The number of aromatic carboxylic acids is 1. The minimum atomic E-state index is -1.26. The maximum absolute atomic E-state index is 11.0. The topological polar surface area (TPSA) is 132 Å². The molecule has 0 bridgehead atoms. The van der Waals surface area contributed by atoms with E-state index in [4.69, 9.17) is 5.11 Å². The Labute approximate surface area is 139 Å². The van der Waals surface area contributed by atoms with Crippen LogP contribution in [-0.4, -0.2) is 25.5 Å². The summed E-state index contributed by atoms with van der Waals surface area (Å²) in [4.78, 5) is 15.2. The number of nitriles is 1. The second-order valence-electron chi connectivity index (χ2n) is 4.79. The van der Waals surface area contributed by atoms with Crippen LogP contribution in [0.15, 0.2) is 34.6 Å². The summed E-state index contributed by atoms with van der Waals surface area (Å²) in [5.74, 6) is -1.60. The standard InChI is InChI=1S/C15H9N5O3S/c1-7-10(5-16)13-11(6-17-7)14(24-20-13)19-18-8-2-3-12(21)9(4-8)15(22)23/h2-4,6,21H,1H3,(H,22,23). The van der Waals surface area contributed by atoms with Crippen LogP contribution in [0.2, 0.25) is 0 Å². The van der Waals surface area contributed by atoms with Crippen LogP contribution in [-0.2, 0) is 0 Å². The van der Waals surface area contributed by atoms with Crippen LogP contribution >= 0.6 is 11.5 Å². The molecule has 0 atom stereocenters. The lowest BCUT2D eigenvalue weighted by Gasteiger charge is -1.99. The molecule has 0 fully saturated rings. The van der Waals surface area contributed by atoms with Crippen molar-refractivity contribution in [3.05, 3.63) is 41.2 Å². The number of fused-ring (bicyclic) bond motifs is 1. The third kappa shape index (κ3) is 2.66. The van der Waals surface area contributed by atoms with Gasteiger partial charge in [0.15, 0.2) is 5.00 Å². The number of benzene rings is 1. The van der Waals surface area contributed by atoms with E-state index in [1.165, 1.54) is 18.2 Å². The fourth-order valence-electron chi connectivity index (χ4n) is 2.05. The van der Waals surface area contributed by atoms with Gasteiger partial charge in [-0.05, 0) is 36.7 Å². The number of hydrogen-bond donors (Lipinski definition) is 2. The van der Waals surface area contributed by atoms with Crippen molar-refractivity contribution in [2.45, 2.75) is 6.92 Å². The van der Waals surface area contributed by atoms with Gasteiger partial charge in [0.2, 0.25) is 0 Å². The van der Waals surface area contributed by atoms with Crippen LogP contribution < -0.4 is 0 Å². The number of phenols is 1. The normalized spacial score (nSPS) is 11.0. The van der Waals surface area contributed by atoms with Crippen LogP contribution in [0.5, 0.6) is 5.75 Å². The smallest absolute Gasteiger partial charge is 0.339 e. The molecule has 0 unspecified atom stereocenters. The zero-order valence-electron chi connectivity index (χ0n) is 12.3. The molecular weight excluding hydrogens is 330 g/mol. The summed E-state index contributed by atoms with van der Waals surface area (Å²) in [5, 5.41) is 36.7. The monoisotopic (exact) mass is 339 g/mol. The Morgan fingerprint density at radius 3 is 2.88 bits per heavy atom. The Bertz CT molecular complexity index is 1040. The Kier molecular flexibility index (Phi) is 3.89. The van der Waals surface area contributed by atoms with Gasteiger partial charge in [0.25, 0.3) is 0 Å². The number of rotatable bonds is 3. The molecular formula is C15H9N5O3S. The molecule has 0 amide bonds. The lowest BCUT2D eigenvalue weighted by atomic mass is 10.1. The number of carboxylic acids is 1. The van der Waals surface area contributed by atoms with Crippen molar-refractivity contribution in [3.8, 4) is 11.8 Å². The van der Waals surface area contributed by atoms with Crippen LogP contribution in [0.1, 0.15) is 21.6 Å². The van der Waals surface area contributed by atoms with Crippen LogP contribution in [0, 0.1) is 18.3 Å². The molecule has 9 heteroatoms. The highest BCUT2D eigenvalue weighted by Crippen LogP contribution is 2.34. The van der Waals surface area contributed by atoms with Gasteiger partial charge in [-0.2, -0.15) is 9.64 Å². The van der Waals surface area contributed by atoms with E-state index in [0.717, 1.165) is 11.5 Å². The van der Waals surface area contributed by atoms with Gasteiger partial charge < -0.3 is 10.2 Å². The van der Waals surface area contributed by atoms with Crippen molar-refractivity contribution in [2.24, 2.45) is 10.2 Å². The van der Waals surface area contributed by atoms with Crippen molar-refractivity contribution < 1.29 is 15.0 Å². The Morgan fingerprint density at radius 2 is 2.17 bits per heavy atom. The van der Waals surface area contributed by atoms with E-state index < -0.39 is 5.97 Å². The lowest BCUT2D eigenvalue weighted by molar-refractivity contribution is 0.0694. The number of aromatic nitrogens is 2. The van der Waals surface area contributed by atoms with Crippen molar-refractivity contribution in [3.63, 3.8) is 0 Å². The summed E-state index contributed by atoms with van der Waals surface area (Å²) in [6.07, 6.45) is 1.57. The zero-order chi connectivity index (χ0) is 17.3. The molecule has 2 N–H and O–H groups in total. The number of pyridine rings is 1. The van der Waals surface area contributed by atoms with Crippen LogP contribution in [0.3, 0.4) is 0 Å². The second-order valence-corrected chi connectivity index (χ2v) is 5.54. The van der Waals surface area contributed by atoms with Gasteiger partial charge in [-0.3, -0.25) is 4.98 Å². The third-order valence-electron chi connectivity index (χ3n) is 3.27. The Balaban J connectivity index is 2.02. The average molecular weight is 339 g/mol. The molecule has 24 heavy (non-hydrogen) atoms. The molecule has 0 aliphatic carbocycles. The third-order valence-corrected chi connectivity index (χ3v) is 4.02. The maximum Gasteiger partial charge on any atom is 0.339 e. The average Bonchev–Trinajstić information content (AvgIpc) is 2.97. The summed E-state index contributed by atoms with van der Waals surface area (Å²) in [6.45, 7) is 1.72. The molecule has 3 rings (SSSR count). The molecule has 2 heterocycles. The first kappa shape index (κ1) is 15.5. The molecule has 0 aliphatic rings. The number of aromatic hydroxyl groups is 1. The zero-order valence-corrected chi connectivity index (χ0v) is 13.1. The van der Waals surface area contributed by atoms with E-state index in [0.29, 0.717) is 27.2 Å². The molecule has 0 aliphatic heterocycles. The molecule has 0 saturated heterocycles. The summed E-state index contributed by atoms with van der Waals surface area (Å²) < 4.78 is 4.21. The van der Waals surface area contributed by atoms with Crippen LogP contribution in [0.4, 0.5) is 10.7 Å². The summed E-state index contributed by atoms with van der Waals surface area (Å²) in [6, 6.07) is 5.96. The molecule has 2 aromatic heterocycles. The van der Waals surface area contributed by atoms with Gasteiger partial charge in [0, 0.05) is 6.20 Å². The predicted octanol–water partition coefficient (Wildman–Crippen LogP) is 3.69.